The van der Waals surface area contributed by atoms with Gasteiger partial charge >= 0.3 is 0 Å². The van der Waals surface area contributed by atoms with Gasteiger partial charge in [0.2, 0.25) is 0 Å². The first-order chi connectivity index (χ1) is 10.1. The molecule has 0 aromatic heterocycles. The molecule has 0 radical (unpaired) electrons. The minimum Gasteiger partial charge on any atom is -0.467 e. The van der Waals surface area contributed by atoms with Gasteiger partial charge in [0.15, 0.2) is 6.79 Å². The standard InChI is InChI=1S/C15H13BrClNO2S/c16-11-1-2-14(13(18)5-11)21-7-10-4-12(17)3-9-6-19-8-20-15(9)10/h1-5H,6-8,18H2. The number of ether oxygens (including phenoxy) is 2. The van der Waals surface area contributed by atoms with Crippen LogP contribution in [0.15, 0.2) is 39.7 Å². The Hall–Kier alpha value is -0.880. The maximum absolute atomic E-state index is 6.16. The van der Waals surface area contributed by atoms with Crippen molar-refractivity contribution in [2.45, 2.75) is 17.3 Å². The SMILES string of the molecule is Nc1cc(Br)ccc1SCc1cc(Cl)cc2c1OCOC2. The zero-order valence-corrected chi connectivity index (χ0v) is 14.2. The van der Waals surface area contributed by atoms with Crippen LogP contribution in [0.3, 0.4) is 0 Å². The highest BCUT2D eigenvalue weighted by molar-refractivity contribution is 9.10. The number of benzene rings is 2. The lowest BCUT2D eigenvalue weighted by atomic mass is 10.1. The molecule has 0 fully saturated rings. The van der Waals surface area contributed by atoms with Crippen molar-refractivity contribution in [2.24, 2.45) is 0 Å². The molecule has 0 spiro atoms. The van der Waals surface area contributed by atoms with Gasteiger partial charge in [-0.3, -0.25) is 0 Å². The Kier molecular flexibility index (Phi) is 4.64. The second-order valence-electron chi connectivity index (χ2n) is 4.63. The molecule has 1 heterocycles. The van der Waals surface area contributed by atoms with E-state index in [1.54, 1.807) is 11.8 Å². The van der Waals surface area contributed by atoms with Crippen molar-refractivity contribution in [2.75, 3.05) is 12.5 Å². The Morgan fingerprint density at radius 2 is 2.14 bits per heavy atom. The van der Waals surface area contributed by atoms with Crippen LogP contribution in [0.25, 0.3) is 0 Å². The molecule has 1 aliphatic rings. The van der Waals surface area contributed by atoms with Crippen molar-refractivity contribution in [1.82, 2.24) is 0 Å². The quantitative estimate of drug-likeness (QED) is 0.605. The zero-order valence-electron chi connectivity index (χ0n) is 11.1. The largest absolute Gasteiger partial charge is 0.467 e. The third-order valence-corrected chi connectivity index (χ3v) is 4.96. The van der Waals surface area contributed by atoms with Crippen LogP contribution in [0.1, 0.15) is 11.1 Å². The summed E-state index contributed by atoms with van der Waals surface area (Å²) in [5.41, 5.74) is 8.84. The topological polar surface area (TPSA) is 44.5 Å². The van der Waals surface area contributed by atoms with Gasteiger partial charge in [0.1, 0.15) is 5.75 Å². The number of halogens is 2. The Morgan fingerprint density at radius 3 is 2.95 bits per heavy atom. The molecule has 0 amide bonds. The second-order valence-corrected chi connectivity index (χ2v) is 7.00. The Balaban J connectivity index is 1.83. The minimum atomic E-state index is 0.284. The van der Waals surface area contributed by atoms with Crippen LogP contribution >= 0.6 is 39.3 Å². The van der Waals surface area contributed by atoms with Gasteiger partial charge in [-0.1, -0.05) is 27.5 Å². The average Bonchev–Trinajstić information content (AvgIpc) is 2.46. The number of fused-ring (bicyclic) bond motifs is 1. The molecule has 0 saturated heterocycles. The molecule has 3 rings (SSSR count). The van der Waals surface area contributed by atoms with Crippen molar-refractivity contribution < 1.29 is 9.47 Å². The van der Waals surface area contributed by atoms with E-state index >= 15 is 0 Å². The van der Waals surface area contributed by atoms with Gasteiger partial charge in [0, 0.05) is 37.0 Å². The van der Waals surface area contributed by atoms with Crippen LogP contribution in [0.2, 0.25) is 5.02 Å². The van der Waals surface area contributed by atoms with Gasteiger partial charge in [-0.25, -0.2) is 0 Å². The fourth-order valence-electron chi connectivity index (χ4n) is 2.17. The Labute approximate surface area is 140 Å². The summed E-state index contributed by atoms with van der Waals surface area (Å²) < 4.78 is 11.9. The van der Waals surface area contributed by atoms with E-state index in [1.807, 2.05) is 30.3 Å². The highest BCUT2D eigenvalue weighted by atomic mass is 79.9. The van der Waals surface area contributed by atoms with Crippen molar-refractivity contribution >= 4 is 45.0 Å². The molecule has 3 nitrogen and oxygen atoms in total. The van der Waals surface area contributed by atoms with Crippen LogP contribution in [0.5, 0.6) is 5.75 Å². The van der Waals surface area contributed by atoms with Gasteiger partial charge in [-0.05, 0) is 30.3 Å². The smallest absolute Gasteiger partial charge is 0.189 e. The predicted octanol–water partition coefficient (Wildman–Crippen LogP) is 4.84. The minimum absolute atomic E-state index is 0.284. The third kappa shape index (κ3) is 3.48. The van der Waals surface area contributed by atoms with E-state index in [0.717, 1.165) is 37.7 Å². The summed E-state index contributed by atoms with van der Waals surface area (Å²) in [6, 6.07) is 9.72. The molecule has 0 aliphatic carbocycles. The monoisotopic (exact) mass is 385 g/mol. The molecule has 0 unspecified atom stereocenters. The first-order valence-electron chi connectivity index (χ1n) is 6.33. The average molecular weight is 387 g/mol. The van der Waals surface area contributed by atoms with Crippen molar-refractivity contribution in [3.63, 3.8) is 0 Å². The number of hydrogen-bond donors (Lipinski definition) is 1. The van der Waals surface area contributed by atoms with Gasteiger partial charge in [-0.15, -0.1) is 11.8 Å². The molecular weight excluding hydrogens is 374 g/mol. The Morgan fingerprint density at radius 1 is 1.29 bits per heavy atom. The van der Waals surface area contributed by atoms with Crippen molar-refractivity contribution in [3.05, 3.63) is 51.0 Å². The third-order valence-electron chi connectivity index (χ3n) is 3.11. The van der Waals surface area contributed by atoms with Crippen LogP contribution in [-0.4, -0.2) is 6.79 Å². The first kappa shape index (κ1) is 15.0. The number of thioether (sulfide) groups is 1. The molecule has 0 bridgehead atoms. The first-order valence-corrected chi connectivity index (χ1v) is 8.49. The second kappa shape index (κ2) is 6.48. The summed E-state index contributed by atoms with van der Waals surface area (Å²) in [6.45, 7) is 0.820. The van der Waals surface area contributed by atoms with E-state index in [4.69, 9.17) is 26.8 Å². The summed E-state index contributed by atoms with van der Waals surface area (Å²) in [5, 5.41) is 0.697. The van der Waals surface area contributed by atoms with E-state index < -0.39 is 0 Å². The number of hydrogen-bond acceptors (Lipinski definition) is 4. The summed E-state index contributed by atoms with van der Waals surface area (Å²) >= 11 is 11.2. The summed E-state index contributed by atoms with van der Waals surface area (Å²) in [7, 11) is 0. The predicted molar refractivity (Wildman–Crippen MR) is 89.9 cm³/mol. The fourth-order valence-corrected chi connectivity index (χ4v) is 3.73. The van der Waals surface area contributed by atoms with Gasteiger partial charge in [-0.2, -0.15) is 0 Å². The molecular formula is C15H13BrClNO2S. The van der Waals surface area contributed by atoms with E-state index in [0.29, 0.717) is 11.6 Å². The maximum Gasteiger partial charge on any atom is 0.189 e. The normalized spacial score (nSPS) is 13.6. The van der Waals surface area contributed by atoms with Crippen LogP contribution in [0, 0.1) is 0 Å². The number of anilines is 1. The van der Waals surface area contributed by atoms with E-state index in [1.165, 1.54) is 0 Å². The molecule has 6 heteroatoms. The van der Waals surface area contributed by atoms with E-state index in [2.05, 4.69) is 15.9 Å². The van der Waals surface area contributed by atoms with Gasteiger partial charge in [0.25, 0.3) is 0 Å². The van der Waals surface area contributed by atoms with Crippen LogP contribution < -0.4 is 10.5 Å². The lowest BCUT2D eigenvalue weighted by Gasteiger charge is -2.21. The van der Waals surface area contributed by atoms with Crippen molar-refractivity contribution in [3.8, 4) is 5.75 Å². The van der Waals surface area contributed by atoms with Crippen LogP contribution in [0.4, 0.5) is 5.69 Å². The van der Waals surface area contributed by atoms with E-state index in [-0.39, 0.29) is 6.79 Å². The van der Waals surface area contributed by atoms with E-state index in [9.17, 15) is 0 Å². The highest BCUT2D eigenvalue weighted by Gasteiger charge is 2.16. The van der Waals surface area contributed by atoms with Crippen molar-refractivity contribution in [1.29, 1.82) is 0 Å². The molecule has 0 saturated carbocycles. The lowest BCUT2D eigenvalue weighted by Crippen LogP contribution is -2.12. The molecule has 21 heavy (non-hydrogen) atoms. The fraction of sp³-hybridized carbons (Fsp3) is 0.200. The lowest BCUT2D eigenvalue weighted by molar-refractivity contribution is -0.0168. The molecule has 2 N–H and O–H groups in total. The van der Waals surface area contributed by atoms with Gasteiger partial charge < -0.3 is 15.2 Å². The molecule has 2 aromatic carbocycles. The van der Waals surface area contributed by atoms with Crippen LogP contribution in [-0.2, 0) is 17.1 Å². The number of nitrogen functional groups attached to an aromatic ring is 1. The highest BCUT2D eigenvalue weighted by Crippen LogP contribution is 2.37. The zero-order chi connectivity index (χ0) is 14.8. The number of nitrogens with two attached hydrogens (primary N) is 1. The molecule has 110 valence electrons. The maximum atomic E-state index is 6.16. The summed E-state index contributed by atoms with van der Waals surface area (Å²) in [6.07, 6.45) is 0. The summed E-state index contributed by atoms with van der Waals surface area (Å²) in [5.74, 6) is 1.63. The van der Waals surface area contributed by atoms with Gasteiger partial charge in [0.05, 0.1) is 6.61 Å². The molecule has 0 atom stereocenters. The number of rotatable bonds is 3. The Bertz CT molecular complexity index is 681. The summed E-state index contributed by atoms with van der Waals surface area (Å²) in [4.78, 5) is 1.04. The molecule has 1 aliphatic heterocycles. The molecule has 2 aromatic rings.